The molecule has 2 heterocycles. The average molecular weight is 363 g/mol. The third-order valence-corrected chi connectivity index (χ3v) is 5.03. The molecular weight excluding hydrogens is 346 g/mol. The van der Waals surface area contributed by atoms with E-state index in [0.717, 1.165) is 16.0 Å². The summed E-state index contributed by atoms with van der Waals surface area (Å²) in [5.74, 6) is 0.101. The van der Waals surface area contributed by atoms with E-state index in [1.807, 2.05) is 78.2 Å². The fourth-order valence-electron chi connectivity index (χ4n) is 2.79. The highest BCUT2D eigenvalue weighted by Gasteiger charge is 2.39. The summed E-state index contributed by atoms with van der Waals surface area (Å²) >= 11 is 1.55. The fraction of sp³-hybridized carbons (Fsp3) is 0.143. The van der Waals surface area contributed by atoms with Crippen LogP contribution in [0.3, 0.4) is 0 Å². The van der Waals surface area contributed by atoms with E-state index in [1.165, 1.54) is 0 Å². The number of carbonyl (C=O) groups excluding carboxylic acids is 1. The summed E-state index contributed by atoms with van der Waals surface area (Å²) in [4.78, 5) is 18.2. The van der Waals surface area contributed by atoms with Gasteiger partial charge in [-0.1, -0.05) is 54.6 Å². The maximum atomic E-state index is 12.7. The topological polar surface area (TPSA) is 47.9 Å². The molecule has 3 aromatic rings. The molecule has 26 heavy (non-hydrogen) atoms. The van der Waals surface area contributed by atoms with Gasteiger partial charge in [0.25, 0.3) is 0 Å². The summed E-state index contributed by atoms with van der Waals surface area (Å²) in [6.45, 7) is 0.226. The SMILES string of the molecule is O=C(OCc1ccccc1)C1N=C(c2ccccc2)OC1c1cccs1. The molecule has 4 rings (SSSR count). The Labute approximate surface area is 155 Å². The van der Waals surface area contributed by atoms with Gasteiger partial charge in [-0.3, -0.25) is 0 Å². The van der Waals surface area contributed by atoms with Crippen molar-refractivity contribution in [3.8, 4) is 0 Å². The van der Waals surface area contributed by atoms with E-state index in [4.69, 9.17) is 9.47 Å². The van der Waals surface area contributed by atoms with Crippen LogP contribution >= 0.6 is 11.3 Å². The Bertz CT molecular complexity index is 892. The first-order valence-electron chi connectivity index (χ1n) is 8.35. The predicted molar refractivity (Wildman–Crippen MR) is 101 cm³/mol. The van der Waals surface area contributed by atoms with Crippen molar-refractivity contribution in [1.82, 2.24) is 0 Å². The zero-order chi connectivity index (χ0) is 17.8. The second-order valence-electron chi connectivity index (χ2n) is 5.89. The minimum atomic E-state index is -0.701. The van der Waals surface area contributed by atoms with Crippen molar-refractivity contribution in [2.75, 3.05) is 0 Å². The molecule has 1 aliphatic heterocycles. The zero-order valence-electron chi connectivity index (χ0n) is 13.9. The number of hydrogen-bond donors (Lipinski definition) is 0. The lowest BCUT2D eigenvalue weighted by Gasteiger charge is -2.15. The van der Waals surface area contributed by atoms with Gasteiger partial charge in [0.15, 0.2) is 12.1 Å². The molecule has 0 radical (unpaired) electrons. The van der Waals surface area contributed by atoms with Gasteiger partial charge in [-0.25, -0.2) is 9.79 Å². The number of ether oxygens (including phenoxy) is 2. The first kappa shape index (κ1) is 16.5. The molecule has 0 spiro atoms. The van der Waals surface area contributed by atoms with Crippen LogP contribution in [-0.2, 0) is 20.9 Å². The van der Waals surface area contributed by atoms with Crippen LogP contribution in [0.2, 0.25) is 0 Å². The van der Waals surface area contributed by atoms with E-state index in [2.05, 4.69) is 4.99 Å². The van der Waals surface area contributed by atoms with Crippen LogP contribution in [0.15, 0.2) is 83.2 Å². The standard InChI is InChI=1S/C21H17NO3S/c23-21(24-14-15-8-3-1-4-9-15)18-19(17-12-7-13-26-17)25-20(22-18)16-10-5-2-6-11-16/h1-13,18-19H,14H2. The number of hydrogen-bond acceptors (Lipinski definition) is 5. The number of nitrogens with zero attached hydrogens (tertiary/aromatic N) is 1. The maximum absolute atomic E-state index is 12.7. The van der Waals surface area contributed by atoms with Gasteiger partial charge in [-0.15, -0.1) is 11.3 Å². The zero-order valence-corrected chi connectivity index (χ0v) is 14.8. The van der Waals surface area contributed by atoms with Crippen LogP contribution in [0.4, 0.5) is 0 Å². The molecule has 130 valence electrons. The van der Waals surface area contributed by atoms with Crippen molar-refractivity contribution < 1.29 is 14.3 Å². The van der Waals surface area contributed by atoms with Crippen molar-refractivity contribution in [2.45, 2.75) is 18.8 Å². The Hall–Kier alpha value is -2.92. The predicted octanol–water partition coefficient (Wildman–Crippen LogP) is 4.38. The number of thiophene rings is 1. The summed E-state index contributed by atoms with van der Waals surface area (Å²) in [7, 11) is 0. The third-order valence-electron chi connectivity index (χ3n) is 4.09. The molecule has 2 aromatic carbocycles. The van der Waals surface area contributed by atoms with E-state index in [9.17, 15) is 4.79 Å². The highest BCUT2D eigenvalue weighted by atomic mass is 32.1. The van der Waals surface area contributed by atoms with Crippen LogP contribution in [0.1, 0.15) is 22.1 Å². The molecular formula is C21H17NO3S. The van der Waals surface area contributed by atoms with Crippen LogP contribution in [-0.4, -0.2) is 17.9 Å². The van der Waals surface area contributed by atoms with Gasteiger partial charge in [-0.2, -0.15) is 0 Å². The number of benzene rings is 2. The van der Waals surface area contributed by atoms with E-state index < -0.39 is 12.1 Å². The summed E-state index contributed by atoms with van der Waals surface area (Å²) in [6, 6.07) is 22.4. The van der Waals surface area contributed by atoms with Gasteiger partial charge in [0.05, 0.1) is 0 Å². The van der Waals surface area contributed by atoms with Crippen LogP contribution in [0, 0.1) is 0 Å². The first-order valence-corrected chi connectivity index (χ1v) is 9.23. The van der Waals surface area contributed by atoms with Crippen molar-refractivity contribution in [3.05, 3.63) is 94.2 Å². The Morgan fingerprint density at radius 1 is 1.00 bits per heavy atom. The van der Waals surface area contributed by atoms with Crippen molar-refractivity contribution in [1.29, 1.82) is 0 Å². The lowest BCUT2D eigenvalue weighted by Crippen LogP contribution is -2.25. The second-order valence-corrected chi connectivity index (χ2v) is 6.87. The molecule has 0 amide bonds. The van der Waals surface area contributed by atoms with Gasteiger partial charge < -0.3 is 9.47 Å². The molecule has 2 unspecified atom stereocenters. The Morgan fingerprint density at radius 2 is 1.73 bits per heavy atom. The average Bonchev–Trinajstić information content (AvgIpc) is 3.37. The number of aliphatic imine (C=N–C) groups is 1. The molecule has 1 aliphatic rings. The number of rotatable bonds is 5. The molecule has 4 nitrogen and oxygen atoms in total. The van der Waals surface area contributed by atoms with Crippen molar-refractivity contribution >= 4 is 23.2 Å². The molecule has 0 fully saturated rings. The monoisotopic (exact) mass is 363 g/mol. The number of carbonyl (C=O) groups is 1. The molecule has 0 saturated carbocycles. The van der Waals surface area contributed by atoms with Crippen LogP contribution < -0.4 is 0 Å². The normalized spacial score (nSPS) is 18.8. The largest absolute Gasteiger partial charge is 0.465 e. The van der Waals surface area contributed by atoms with Crippen molar-refractivity contribution in [2.24, 2.45) is 4.99 Å². The smallest absolute Gasteiger partial charge is 0.335 e. The highest BCUT2D eigenvalue weighted by Crippen LogP contribution is 2.34. The third kappa shape index (κ3) is 3.53. The van der Waals surface area contributed by atoms with E-state index in [0.29, 0.717) is 5.90 Å². The fourth-order valence-corrected chi connectivity index (χ4v) is 3.57. The Kier molecular flexibility index (Phi) is 4.80. The molecule has 0 saturated heterocycles. The summed E-state index contributed by atoms with van der Waals surface area (Å²) in [5.41, 5.74) is 1.80. The summed E-state index contributed by atoms with van der Waals surface area (Å²) < 4.78 is 11.5. The lowest BCUT2D eigenvalue weighted by molar-refractivity contribution is -0.148. The molecule has 0 aliphatic carbocycles. The Balaban J connectivity index is 1.55. The lowest BCUT2D eigenvalue weighted by atomic mass is 10.1. The van der Waals surface area contributed by atoms with Crippen LogP contribution in [0.5, 0.6) is 0 Å². The molecule has 0 bridgehead atoms. The second kappa shape index (κ2) is 7.54. The van der Waals surface area contributed by atoms with E-state index >= 15 is 0 Å². The minimum absolute atomic E-state index is 0.226. The van der Waals surface area contributed by atoms with Gasteiger partial charge in [0.2, 0.25) is 5.90 Å². The van der Waals surface area contributed by atoms with Crippen LogP contribution in [0.25, 0.3) is 0 Å². The quantitative estimate of drug-likeness (QED) is 0.632. The van der Waals surface area contributed by atoms with Gasteiger partial charge in [0.1, 0.15) is 6.61 Å². The molecule has 5 heteroatoms. The first-order chi connectivity index (χ1) is 12.8. The van der Waals surface area contributed by atoms with Gasteiger partial charge in [-0.05, 0) is 29.1 Å². The number of esters is 1. The summed E-state index contributed by atoms with van der Waals surface area (Å²) in [6.07, 6.45) is -0.450. The van der Waals surface area contributed by atoms with Crippen molar-refractivity contribution in [3.63, 3.8) is 0 Å². The van der Waals surface area contributed by atoms with E-state index in [1.54, 1.807) is 11.3 Å². The molecule has 1 aromatic heterocycles. The van der Waals surface area contributed by atoms with E-state index in [-0.39, 0.29) is 12.6 Å². The Morgan fingerprint density at radius 3 is 2.42 bits per heavy atom. The highest BCUT2D eigenvalue weighted by molar-refractivity contribution is 7.10. The minimum Gasteiger partial charge on any atom is -0.465 e. The molecule has 2 atom stereocenters. The van der Waals surface area contributed by atoms with Gasteiger partial charge in [0, 0.05) is 10.4 Å². The van der Waals surface area contributed by atoms with Gasteiger partial charge >= 0.3 is 5.97 Å². The molecule has 0 N–H and O–H groups in total. The summed E-state index contributed by atoms with van der Waals surface area (Å²) in [5, 5.41) is 1.96. The maximum Gasteiger partial charge on any atom is 0.335 e.